The molecule has 4 rings (SSSR count). The number of carbonyl (C=O) groups excluding carboxylic acids is 1. The first kappa shape index (κ1) is 33.2. The van der Waals surface area contributed by atoms with E-state index in [0.717, 1.165) is 17.7 Å². The summed E-state index contributed by atoms with van der Waals surface area (Å²) in [4.78, 5) is 16.6. The predicted molar refractivity (Wildman–Crippen MR) is 167 cm³/mol. The molecule has 0 radical (unpaired) electrons. The molecule has 0 aliphatic carbocycles. The van der Waals surface area contributed by atoms with Gasteiger partial charge in [-0.2, -0.15) is 0 Å². The number of hydrogen-bond acceptors (Lipinski definition) is 6. The minimum atomic E-state index is -5.16. The molecule has 0 bridgehead atoms. The Labute approximate surface area is 263 Å². The number of hydrogen-bond donors (Lipinski definition) is 2. The van der Waals surface area contributed by atoms with Gasteiger partial charge in [0.05, 0.1) is 21.4 Å². The number of carbonyl (C=O) groups is 1. The second-order valence-corrected chi connectivity index (χ2v) is 12.3. The number of ether oxygens (including phenoxy) is 1. The van der Waals surface area contributed by atoms with Crippen molar-refractivity contribution in [3.05, 3.63) is 100 Å². The molecule has 3 aromatic carbocycles. The summed E-state index contributed by atoms with van der Waals surface area (Å²) in [6.07, 6.45) is 0.0613. The number of nitrogens with one attached hydrogen (secondary N) is 1. The van der Waals surface area contributed by atoms with Gasteiger partial charge in [-0.05, 0) is 47.9 Å². The maximum atomic E-state index is 13.3. The minimum Gasteiger partial charge on any atom is -0.404 e. The average molecular weight is 670 g/mol. The normalized spacial score (nSPS) is 14.5. The van der Waals surface area contributed by atoms with E-state index in [9.17, 15) is 26.4 Å². The average Bonchev–Trinajstić information content (AvgIpc) is 2.97. The Hall–Kier alpha value is -3.71. The number of sulfonamides is 1. The van der Waals surface area contributed by atoms with Crippen molar-refractivity contribution in [2.75, 3.05) is 43.2 Å². The second kappa shape index (κ2) is 13.9. The number of nitrogens with zero attached hydrogens (tertiary/aromatic N) is 2. The summed E-state index contributed by atoms with van der Waals surface area (Å²) >= 11 is 12.4. The van der Waals surface area contributed by atoms with Crippen LogP contribution in [0, 0.1) is 0 Å². The topological polar surface area (TPSA) is 105 Å². The molecule has 1 amide bonds. The van der Waals surface area contributed by atoms with E-state index in [1.54, 1.807) is 18.2 Å². The van der Waals surface area contributed by atoms with Crippen molar-refractivity contribution in [3.8, 4) is 5.75 Å². The molecule has 1 fully saturated rings. The van der Waals surface area contributed by atoms with Crippen LogP contribution in [0.25, 0.3) is 6.08 Å². The molecule has 0 spiro atoms. The van der Waals surface area contributed by atoms with Crippen molar-refractivity contribution >= 4 is 56.6 Å². The first-order valence-electron chi connectivity index (χ1n) is 13.3. The standard InChI is InChI=1S/C30H29Cl2F3N4O4S/c1-2-3-6-21-8-5-10-26(28(21)36)44(41,42)37-24-12-11-22(19-25(24)43-30(33,34)35)29(40)39-17-15-38(16-18-39)14-13-20-7-4-9-23(31)27(20)32/h2-12,19,37H,1,13-18,36H2/b6-3-. The summed E-state index contributed by atoms with van der Waals surface area (Å²) < 4.78 is 72.6. The van der Waals surface area contributed by atoms with Crippen molar-refractivity contribution in [1.82, 2.24) is 9.80 Å². The van der Waals surface area contributed by atoms with Gasteiger partial charge in [0.1, 0.15) is 4.90 Å². The first-order chi connectivity index (χ1) is 20.8. The highest BCUT2D eigenvalue weighted by Gasteiger charge is 2.34. The molecule has 8 nitrogen and oxygen atoms in total. The van der Waals surface area contributed by atoms with E-state index in [1.807, 2.05) is 12.1 Å². The molecular weight excluding hydrogens is 640 g/mol. The van der Waals surface area contributed by atoms with Crippen LogP contribution in [0.5, 0.6) is 5.75 Å². The van der Waals surface area contributed by atoms with Crippen LogP contribution >= 0.6 is 23.2 Å². The Kier molecular flexibility index (Phi) is 10.5. The highest BCUT2D eigenvalue weighted by Crippen LogP contribution is 2.35. The van der Waals surface area contributed by atoms with Gasteiger partial charge in [0.15, 0.2) is 5.75 Å². The molecule has 3 aromatic rings. The number of rotatable bonds is 10. The maximum absolute atomic E-state index is 13.3. The number of anilines is 2. The number of benzene rings is 3. The number of para-hydroxylation sites is 1. The summed E-state index contributed by atoms with van der Waals surface area (Å²) in [7, 11) is -4.46. The van der Waals surface area contributed by atoms with E-state index < -0.39 is 33.7 Å². The Morgan fingerprint density at radius 2 is 1.77 bits per heavy atom. The summed E-state index contributed by atoms with van der Waals surface area (Å²) in [6, 6.07) is 12.8. The number of nitrogens with two attached hydrogens (primary N) is 1. The second-order valence-electron chi connectivity index (χ2n) is 9.81. The zero-order valence-electron chi connectivity index (χ0n) is 23.3. The summed E-state index contributed by atoms with van der Waals surface area (Å²) in [5.74, 6) is -1.40. The highest BCUT2D eigenvalue weighted by molar-refractivity contribution is 7.92. The summed E-state index contributed by atoms with van der Waals surface area (Å²) in [5.41, 5.74) is 6.59. The number of amides is 1. The molecule has 1 aliphatic heterocycles. The van der Waals surface area contributed by atoms with E-state index in [0.29, 0.717) is 54.8 Å². The lowest BCUT2D eigenvalue weighted by molar-refractivity contribution is -0.274. The fourth-order valence-electron chi connectivity index (χ4n) is 4.64. The van der Waals surface area contributed by atoms with Crippen molar-refractivity contribution in [3.63, 3.8) is 0 Å². The zero-order valence-corrected chi connectivity index (χ0v) is 25.6. The molecule has 14 heteroatoms. The Bertz CT molecular complexity index is 1680. The lowest BCUT2D eigenvalue weighted by Crippen LogP contribution is -2.49. The summed E-state index contributed by atoms with van der Waals surface area (Å²) in [5, 5.41) is 0.977. The number of piperazine rings is 1. The Morgan fingerprint density at radius 1 is 1.07 bits per heavy atom. The molecule has 3 N–H and O–H groups in total. The van der Waals surface area contributed by atoms with Gasteiger partial charge < -0.3 is 15.4 Å². The van der Waals surface area contributed by atoms with Gasteiger partial charge >= 0.3 is 6.36 Å². The third-order valence-electron chi connectivity index (χ3n) is 6.89. The number of alkyl halides is 3. The predicted octanol–water partition coefficient (Wildman–Crippen LogP) is 6.47. The fraction of sp³-hybridized carbons (Fsp3) is 0.233. The van der Waals surface area contributed by atoms with Crippen LogP contribution in [0.15, 0.2) is 78.2 Å². The largest absolute Gasteiger partial charge is 0.573 e. The molecule has 1 heterocycles. The van der Waals surface area contributed by atoms with Crippen LogP contribution in [-0.4, -0.2) is 63.2 Å². The van der Waals surface area contributed by atoms with Gasteiger partial charge in [0, 0.05) is 38.3 Å². The van der Waals surface area contributed by atoms with Gasteiger partial charge in [-0.15, -0.1) is 13.2 Å². The van der Waals surface area contributed by atoms with E-state index >= 15 is 0 Å². The third-order valence-corrected chi connectivity index (χ3v) is 9.17. The maximum Gasteiger partial charge on any atom is 0.573 e. The lowest BCUT2D eigenvalue weighted by atomic mass is 10.1. The van der Waals surface area contributed by atoms with Gasteiger partial charge in [-0.1, -0.05) is 72.3 Å². The summed E-state index contributed by atoms with van der Waals surface area (Å²) in [6.45, 7) is 5.97. The van der Waals surface area contributed by atoms with Gasteiger partial charge in [0.25, 0.3) is 15.9 Å². The first-order valence-corrected chi connectivity index (χ1v) is 15.6. The molecule has 0 aromatic heterocycles. The minimum absolute atomic E-state index is 0.0950. The molecular formula is C30H29Cl2F3N4O4S. The monoisotopic (exact) mass is 668 g/mol. The fourth-order valence-corrected chi connectivity index (χ4v) is 6.29. The smallest absolute Gasteiger partial charge is 0.404 e. The van der Waals surface area contributed by atoms with Crippen LogP contribution < -0.4 is 15.2 Å². The Morgan fingerprint density at radius 3 is 2.45 bits per heavy atom. The molecule has 1 aliphatic rings. The highest BCUT2D eigenvalue weighted by atomic mass is 35.5. The van der Waals surface area contributed by atoms with Crippen molar-refractivity contribution in [2.24, 2.45) is 0 Å². The number of halogens is 5. The van der Waals surface area contributed by atoms with Crippen LogP contribution in [0.4, 0.5) is 24.5 Å². The van der Waals surface area contributed by atoms with Crippen molar-refractivity contribution < 1.29 is 31.1 Å². The molecule has 0 unspecified atom stereocenters. The van der Waals surface area contributed by atoms with Crippen molar-refractivity contribution in [2.45, 2.75) is 17.7 Å². The molecule has 44 heavy (non-hydrogen) atoms. The SMILES string of the molecule is C=C/C=C\c1cccc(S(=O)(=O)Nc2ccc(C(=O)N3CCN(CCc4cccc(Cl)c4Cl)CC3)cc2OC(F)(F)F)c1N. The van der Waals surface area contributed by atoms with E-state index in [4.69, 9.17) is 28.9 Å². The van der Waals surface area contributed by atoms with Crippen LogP contribution in [-0.2, 0) is 16.4 Å². The van der Waals surface area contributed by atoms with Gasteiger partial charge in [-0.3, -0.25) is 14.4 Å². The molecule has 1 saturated heterocycles. The van der Waals surface area contributed by atoms with E-state index in [1.165, 1.54) is 35.3 Å². The number of nitrogen functional groups attached to an aromatic ring is 1. The van der Waals surface area contributed by atoms with Crippen LogP contribution in [0.3, 0.4) is 0 Å². The molecule has 234 valence electrons. The zero-order chi connectivity index (χ0) is 32.1. The van der Waals surface area contributed by atoms with Gasteiger partial charge in [0.2, 0.25) is 0 Å². The van der Waals surface area contributed by atoms with E-state index in [2.05, 4.69) is 20.9 Å². The third kappa shape index (κ3) is 8.26. The molecule has 0 saturated carbocycles. The molecule has 0 atom stereocenters. The van der Waals surface area contributed by atoms with Crippen LogP contribution in [0.2, 0.25) is 10.0 Å². The quantitative estimate of drug-likeness (QED) is 0.189. The lowest BCUT2D eigenvalue weighted by Gasteiger charge is -2.35. The Balaban J connectivity index is 1.49. The number of allylic oxidation sites excluding steroid dienone is 2. The van der Waals surface area contributed by atoms with Crippen molar-refractivity contribution in [1.29, 1.82) is 0 Å². The van der Waals surface area contributed by atoms with Gasteiger partial charge in [-0.25, -0.2) is 8.42 Å². The van der Waals surface area contributed by atoms with Crippen LogP contribution in [0.1, 0.15) is 21.5 Å². The van der Waals surface area contributed by atoms with E-state index in [-0.39, 0.29) is 16.1 Å².